The maximum Gasteiger partial charge on any atom is 0.182 e. The molecule has 6 heteroatoms. The van der Waals surface area contributed by atoms with Crippen molar-refractivity contribution in [3.63, 3.8) is 0 Å². The van der Waals surface area contributed by atoms with Gasteiger partial charge in [-0.15, -0.1) is 0 Å². The van der Waals surface area contributed by atoms with Crippen LogP contribution < -0.4 is 4.74 Å². The zero-order valence-electron chi connectivity index (χ0n) is 15.2. The Morgan fingerprint density at radius 2 is 1.55 bits per heavy atom. The summed E-state index contributed by atoms with van der Waals surface area (Å²) in [5.74, 6) is -0.103. The second-order valence-corrected chi connectivity index (χ2v) is 9.31. The summed E-state index contributed by atoms with van der Waals surface area (Å²) in [4.78, 5) is 0.0637. The number of ether oxygens (including phenoxy) is 1. The molecule has 4 rings (SSSR count). The molecule has 3 aromatic carbocycles. The first kappa shape index (κ1) is 19.6. The van der Waals surface area contributed by atoms with Crippen LogP contribution in [0.1, 0.15) is 11.1 Å². The maximum absolute atomic E-state index is 13.2. The van der Waals surface area contributed by atoms with Crippen LogP contribution in [0, 0.1) is 5.82 Å². The van der Waals surface area contributed by atoms with Crippen molar-refractivity contribution in [2.24, 2.45) is 0 Å². The Morgan fingerprint density at radius 3 is 2.28 bits per heavy atom. The van der Waals surface area contributed by atoms with Gasteiger partial charge in [0, 0.05) is 21.2 Å². The monoisotopic (exact) mass is 470 g/mol. The summed E-state index contributed by atoms with van der Waals surface area (Å²) in [6, 6.07) is 22.0. The van der Waals surface area contributed by atoms with Gasteiger partial charge in [-0.1, -0.05) is 48.5 Å². The molecule has 0 aromatic heterocycles. The summed E-state index contributed by atoms with van der Waals surface area (Å²) >= 11 is 3.67. The molecule has 0 aliphatic carbocycles. The normalized spacial score (nSPS) is 15.2. The smallest absolute Gasteiger partial charge is 0.182 e. The van der Waals surface area contributed by atoms with Gasteiger partial charge in [0.25, 0.3) is 0 Å². The van der Waals surface area contributed by atoms with Gasteiger partial charge in [0.2, 0.25) is 0 Å². The van der Waals surface area contributed by atoms with Crippen molar-refractivity contribution in [1.82, 2.24) is 0 Å². The van der Waals surface area contributed by atoms with Gasteiger partial charge >= 0.3 is 0 Å². The molecule has 0 atom stereocenters. The lowest BCUT2D eigenvalue weighted by atomic mass is 9.95. The third kappa shape index (κ3) is 4.04. The van der Waals surface area contributed by atoms with E-state index < -0.39 is 15.7 Å². The molecule has 0 bridgehead atoms. The number of sulfone groups is 1. The van der Waals surface area contributed by atoms with Crippen LogP contribution in [0.4, 0.5) is 4.39 Å². The van der Waals surface area contributed by atoms with Gasteiger partial charge in [-0.2, -0.15) is 0 Å². The predicted molar refractivity (Wildman–Crippen MR) is 116 cm³/mol. The standard InChI is InChI=1S/C23H16BrFO3S/c24-23(16-6-2-1-3-7-16)22-17(14-28-21-9-5-4-8-20(21)22)15-29(26,27)19-12-10-18(25)11-13-19/h1-14H,15H2/b23-22-. The third-order valence-electron chi connectivity index (χ3n) is 4.57. The fourth-order valence-corrected chi connectivity index (χ4v) is 5.24. The number of para-hydroxylation sites is 1. The first-order chi connectivity index (χ1) is 14.0. The quantitative estimate of drug-likeness (QED) is 0.449. The summed E-state index contributed by atoms with van der Waals surface area (Å²) in [6.45, 7) is 0. The van der Waals surface area contributed by atoms with Crippen LogP contribution in [-0.4, -0.2) is 14.2 Å². The van der Waals surface area contributed by atoms with E-state index in [0.717, 1.165) is 33.3 Å². The summed E-state index contributed by atoms with van der Waals surface area (Å²) in [5.41, 5.74) is 2.99. The lowest BCUT2D eigenvalue weighted by Crippen LogP contribution is -2.14. The minimum Gasteiger partial charge on any atom is -0.464 e. The van der Waals surface area contributed by atoms with Gasteiger partial charge in [0.05, 0.1) is 16.9 Å². The number of fused-ring (bicyclic) bond motifs is 1. The van der Waals surface area contributed by atoms with Gasteiger partial charge in [0.15, 0.2) is 9.84 Å². The summed E-state index contributed by atoms with van der Waals surface area (Å²) in [7, 11) is -3.70. The minimum absolute atomic E-state index is 0.0637. The fraction of sp³-hybridized carbons (Fsp3) is 0.0435. The number of benzene rings is 3. The summed E-state index contributed by atoms with van der Waals surface area (Å²) in [6.07, 6.45) is 1.48. The lowest BCUT2D eigenvalue weighted by Gasteiger charge is -2.22. The van der Waals surface area contributed by atoms with Crippen molar-refractivity contribution in [2.45, 2.75) is 4.90 Å². The van der Waals surface area contributed by atoms with E-state index >= 15 is 0 Å². The Balaban J connectivity index is 1.82. The van der Waals surface area contributed by atoms with E-state index in [1.54, 1.807) is 0 Å². The average molecular weight is 471 g/mol. The second-order valence-electron chi connectivity index (χ2n) is 6.53. The molecule has 1 heterocycles. The Hall–Kier alpha value is -2.70. The van der Waals surface area contributed by atoms with Crippen molar-refractivity contribution < 1.29 is 17.5 Å². The van der Waals surface area contributed by atoms with Crippen molar-refractivity contribution >= 4 is 35.8 Å². The summed E-state index contributed by atoms with van der Waals surface area (Å²) < 4.78 is 45.6. The fourth-order valence-electron chi connectivity index (χ4n) is 3.17. The largest absolute Gasteiger partial charge is 0.464 e. The van der Waals surface area contributed by atoms with E-state index in [2.05, 4.69) is 15.9 Å². The topological polar surface area (TPSA) is 43.4 Å². The van der Waals surface area contributed by atoms with E-state index in [4.69, 9.17) is 4.74 Å². The molecule has 29 heavy (non-hydrogen) atoms. The first-order valence-electron chi connectivity index (χ1n) is 8.85. The molecule has 0 fully saturated rings. The highest BCUT2D eigenvalue weighted by atomic mass is 79.9. The Labute approximate surface area is 177 Å². The molecule has 0 saturated carbocycles. The van der Waals surface area contributed by atoms with E-state index in [-0.39, 0.29) is 10.6 Å². The molecule has 1 aliphatic heterocycles. The summed E-state index contributed by atoms with van der Waals surface area (Å²) in [5, 5.41) is 0. The molecule has 3 nitrogen and oxygen atoms in total. The number of allylic oxidation sites excluding steroid dienone is 1. The zero-order chi connectivity index (χ0) is 20.4. The van der Waals surface area contributed by atoms with Crippen LogP contribution in [0.5, 0.6) is 5.75 Å². The van der Waals surface area contributed by atoms with Crippen LogP contribution in [-0.2, 0) is 9.84 Å². The number of halogens is 2. The van der Waals surface area contributed by atoms with Gasteiger partial charge in [-0.25, -0.2) is 12.8 Å². The van der Waals surface area contributed by atoms with Crippen molar-refractivity contribution in [3.8, 4) is 5.75 Å². The van der Waals surface area contributed by atoms with E-state index in [1.165, 1.54) is 18.4 Å². The van der Waals surface area contributed by atoms with Crippen LogP contribution >= 0.6 is 15.9 Å². The van der Waals surface area contributed by atoms with E-state index in [0.29, 0.717) is 11.3 Å². The highest BCUT2D eigenvalue weighted by molar-refractivity contribution is 9.15. The molecule has 0 spiro atoms. The zero-order valence-corrected chi connectivity index (χ0v) is 17.6. The van der Waals surface area contributed by atoms with E-state index in [9.17, 15) is 12.8 Å². The third-order valence-corrected chi connectivity index (χ3v) is 7.11. The molecule has 146 valence electrons. The molecule has 0 amide bonds. The van der Waals surface area contributed by atoms with Gasteiger partial charge in [-0.05, 0) is 51.8 Å². The number of rotatable bonds is 4. The molecular weight excluding hydrogens is 455 g/mol. The lowest BCUT2D eigenvalue weighted by molar-refractivity contribution is 0.470. The number of hydrogen-bond donors (Lipinski definition) is 0. The first-order valence-corrected chi connectivity index (χ1v) is 11.3. The van der Waals surface area contributed by atoms with Crippen molar-refractivity contribution in [1.29, 1.82) is 0 Å². The van der Waals surface area contributed by atoms with Crippen molar-refractivity contribution in [2.75, 3.05) is 5.75 Å². The highest BCUT2D eigenvalue weighted by Crippen LogP contribution is 2.43. The predicted octanol–water partition coefficient (Wildman–Crippen LogP) is 5.84. The Bertz CT molecular complexity index is 1210. The Morgan fingerprint density at radius 1 is 0.897 bits per heavy atom. The molecule has 3 aromatic rings. The average Bonchev–Trinajstić information content (AvgIpc) is 2.74. The molecule has 0 unspecified atom stereocenters. The van der Waals surface area contributed by atoms with E-state index in [1.807, 2.05) is 54.6 Å². The highest BCUT2D eigenvalue weighted by Gasteiger charge is 2.27. The van der Waals surface area contributed by atoms with Gasteiger partial charge < -0.3 is 4.74 Å². The van der Waals surface area contributed by atoms with Crippen LogP contribution in [0.3, 0.4) is 0 Å². The van der Waals surface area contributed by atoms with Gasteiger partial charge in [0.1, 0.15) is 11.6 Å². The van der Waals surface area contributed by atoms with Crippen LogP contribution in [0.15, 0.2) is 95.6 Å². The molecule has 0 radical (unpaired) electrons. The molecular formula is C23H16BrFO3S. The number of hydrogen-bond acceptors (Lipinski definition) is 3. The minimum atomic E-state index is -3.70. The maximum atomic E-state index is 13.2. The SMILES string of the molecule is O=S(=O)(CC1=COc2ccccc2/C1=C(\Br)c1ccccc1)c1ccc(F)cc1. The van der Waals surface area contributed by atoms with Crippen molar-refractivity contribution in [3.05, 3.63) is 108 Å². The van der Waals surface area contributed by atoms with Gasteiger partial charge in [-0.3, -0.25) is 0 Å². The van der Waals surface area contributed by atoms with Crippen LogP contribution in [0.2, 0.25) is 0 Å². The molecule has 0 N–H and O–H groups in total. The Kier molecular flexibility index (Phi) is 5.39. The molecule has 0 saturated heterocycles. The molecule has 1 aliphatic rings. The second kappa shape index (κ2) is 7.97. The van der Waals surface area contributed by atoms with Crippen LogP contribution in [0.25, 0.3) is 10.1 Å².